The molecule has 9 heteroatoms. The highest BCUT2D eigenvalue weighted by Gasteiger charge is 2.22. The molecule has 2 aromatic carbocycles. The summed E-state index contributed by atoms with van der Waals surface area (Å²) >= 11 is 1.93. The summed E-state index contributed by atoms with van der Waals surface area (Å²) in [4.78, 5) is 13.2. The molecule has 2 N–H and O–H groups in total. The minimum absolute atomic E-state index is 0.0877. The molecule has 0 atom stereocenters. The highest BCUT2D eigenvalue weighted by molar-refractivity contribution is 7.99. The molecule has 0 radical (unpaired) electrons. The topological polar surface area (TPSA) is 95.9 Å². The van der Waals surface area contributed by atoms with E-state index in [0.29, 0.717) is 11.3 Å². The van der Waals surface area contributed by atoms with E-state index in [-0.39, 0.29) is 17.1 Å². The maximum atomic E-state index is 13.0. The van der Waals surface area contributed by atoms with Crippen LogP contribution in [0, 0.1) is 6.92 Å². The lowest BCUT2D eigenvalue weighted by Gasteiger charge is -2.29. The molecule has 0 unspecified atom stereocenters. The molecular weight excluding hydrogens is 412 g/mol. The van der Waals surface area contributed by atoms with Crippen molar-refractivity contribution in [2.75, 3.05) is 41.3 Å². The van der Waals surface area contributed by atoms with Gasteiger partial charge >= 0.3 is 5.97 Å². The Bertz CT molecular complexity index is 1000. The molecule has 1 saturated heterocycles. The molecule has 0 aliphatic carbocycles. The molecule has 156 valence electrons. The van der Waals surface area contributed by atoms with Crippen LogP contribution in [0.25, 0.3) is 0 Å². The van der Waals surface area contributed by atoms with E-state index in [1.165, 1.54) is 19.2 Å². The Morgan fingerprint density at radius 1 is 1.21 bits per heavy atom. The largest absolute Gasteiger partial charge is 0.495 e. The zero-order valence-electron chi connectivity index (χ0n) is 16.3. The lowest BCUT2D eigenvalue weighted by molar-refractivity contribution is -0.136. The summed E-state index contributed by atoms with van der Waals surface area (Å²) < 4.78 is 33.8. The average molecular weight is 437 g/mol. The fraction of sp³-hybridized carbons (Fsp3) is 0.350. The summed E-state index contributed by atoms with van der Waals surface area (Å²) in [6.45, 7) is 3.81. The third-order valence-electron chi connectivity index (χ3n) is 4.70. The number of nitrogens with one attached hydrogen (secondary N) is 1. The minimum atomic E-state index is -3.96. The number of rotatable bonds is 7. The van der Waals surface area contributed by atoms with Crippen molar-refractivity contribution in [3.05, 3.63) is 47.5 Å². The van der Waals surface area contributed by atoms with Crippen molar-refractivity contribution >= 4 is 39.1 Å². The summed E-state index contributed by atoms with van der Waals surface area (Å²) in [6, 6.07) is 10.0. The minimum Gasteiger partial charge on any atom is -0.495 e. The number of hydrogen-bond donors (Lipinski definition) is 2. The number of methoxy groups -OCH3 is 1. The first-order chi connectivity index (χ1) is 13.8. The van der Waals surface area contributed by atoms with Crippen molar-refractivity contribution < 1.29 is 23.1 Å². The van der Waals surface area contributed by atoms with Crippen LogP contribution in [0.1, 0.15) is 11.1 Å². The lowest BCUT2D eigenvalue weighted by atomic mass is 10.1. The van der Waals surface area contributed by atoms with Gasteiger partial charge in [0.05, 0.1) is 19.2 Å². The van der Waals surface area contributed by atoms with Crippen LogP contribution in [0.3, 0.4) is 0 Å². The number of carboxylic acid groups (broad SMARTS) is 1. The Morgan fingerprint density at radius 3 is 2.55 bits per heavy atom. The van der Waals surface area contributed by atoms with E-state index in [1.54, 1.807) is 12.1 Å². The second-order valence-corrected chi connectivity index (χ2v) is 9.64. The number of benzene rings is 2. The van der Waals surface area contributed by atoms with E-state index in [9.17, 15) is 13.2 Å². The lowest BCUT2D eigenvalue weighted by Crippen LogP contribution is -2.32. The molecule has 1 aliphatic heterocycles. The predicted octanol–water partition coefficient (Wildman–Crippen LogP) is 2.98. The van der Waals surface area contributed by atoms with E-state index < -0.39 is 16.0 Å². The predicted molar refractivity (Wildman–Crippen MR) is 116 cm³/mol. The summed E-state index contributed by atoms with van der Waals surface area (Å²) in [5, 5.41) is 8.99. The Morgan fingerprint density at radius 2 is 1.93 bits per heavy atom. The van der Waals surface area contributed by atoms with E-state index in [0.717, 1.165) is 35.8 Å². The van der Waals surface area contributed by atoms with Gasteiger partial charge in [0.1, 0.15) is 10.6 Å². The number of aliphatic carboxylic acids is 1. The maximum Gasteiger partial charge on any atom is 0.307 e. The number of aryl methyl sites for hydroxylation is 1. The SMILES string of the molecule is COc1ccc(CC(=O)O)cc1S(=O)(=O)Nc1ccc(N2CCSCC2)cc1C. The van der Waals surface area contributed by atoms with Gasteiger partial charge in [-0.3, -0.25) is 9.52 Å². The zero-order chi connectivity index (χ0) is 21.0. The zero-order valence-corrected chi connectivity index (χ0v) is 18.0. The van der Waals surface area contributed by atoms with Crippen molar-refractivity contribution in [3.63, 3.8) is 0 Å². The van der Waals surface area contributed by atoms with Gasteiger partial charge in [-0.25, -0.2) is 8.42 Å². The van der Waals surface area contributed by atoms with E-state index in [4.69, 9.17) is 9.84 Å². The molecule has 1 fully saturated rings. The fourth-order valence-electron chi connectivity index (χ4n) is 3.20. The number of ether oxygens (including phenoxy) is 1. The maximum absolute atomic E-state index is 13.0. The van der Waals surface area contributed by atoms with Crippen molar-refractivity contribution in [1.82, 2.24) is 0 Å². The van der Waals surface area contributed by atoms with Crippen molar-refractivity contribution in [1.29, 1.82) is 0 Å². The van der Waals surface area contributed by atoms with E-state index in [2.05, 4.69) is 9.62 Å². The molecule has 0 amide bonds. The monoisotopic (exact) mass is 436 g/mol. The molecule has 1 heterocycles. The molecule has 3 rings (SSSR count). The first-order valence-corrected chi connectivity index (χ1v) is 11.8. The van der Waals surface area contributed by atoms with Gasteiger partial charge in [0.2, 0.25) is 0 Å². The number of anilines is 2. The standard InChI is InChI=1S/C20H24N2O5S2/c1-14-11-16(22-7-9-28-10-8-22)4-5-17(14)21-29(25,26)19-12-15(13-20(23)24)3-6-18(19)27-2/h3-6,11-12,21H,7-10,13H2,1-2H3,(H,23,24). The molecule has 1 aliphatic rings. The Balaban J connectivity index is 1.88. The Hall–Kier alpha value is -2.39. The summed E-state index contributed by atoms with van der Waals surface area (Å²) in [6.07, 6.45) is -0.269. The first-order valence-electron chi connectivity index (χ1n) is 9.15. The van der Waals surface area contributed by atoms with Gasteiger partial charge in [0.15, 0.2) is 0 Å². The summed E-state index contributed by atoms with van der Waals surface area (Å²) in [5.41, 5.74) is 2.75. The van der Waals surface area contributed by atoms with Crippen LogP contribution in [0.15, 0.2) is 41.3 Å². The molecule has 0 bridgehead atoms. The molecule has 0 spiro atoms. The smallest absolute Gasteiger partial charge is 0.307 e. The van der Waals surface area contributed by atoms with Gasteiger partial charge in [-0.1, -0.05) is 6.07 Å². The molecule has 29 heavy (non-hydrogen) atoms. The number of carbonyl (C=O) groups is 1. The third kappa shape index (κ3) is 5.16. The number of sulfonamides is 1. The third-order valence-corrected chi connectivity index (χ3v) is 7.03. The molecule has 7 nitrogen and oxygen atoms in total. The molecular formula is C20H24N2O5S2. The van der Waals surface area contributed by atoms with Crippen LogP contribution in [-0.4, -0.2) is 51.2 Å². The molecule has 2 aromatic rings. The van der Waals surface area contributed by atoms with E-state index >= 15 is 0 Å². The summed E-state index contributed by atoms with van der Waals surface area (Å²) in [5.74, 6) is 1.29. The second kappa shape index (κ2) is 8.96. The second-order valence-electron chi connectivity index (χ2n) is 6.76. The van der Waals surface area contributed by atoms with Gasteiger partial charge < -0.3 is 14.7 Å². The highest BCUT2D eigenvalue weighted by Crippen LogP contribution is 2.30. The van der Waals surface area contributed by atoms with Gasteiger partial charge in [0.25, 0.3) is 10.0 Å². The van der Waals surface area contributed by atoms with Gasteiger partial charge in [-0.2, -0.15) is 11.8 Å². The number of carboxylic acids is 1. The van der Waals surface area contributed by atoms with Crippen molar-refractivity contribution in [3.8, 4) is 5.75 Å². The highest BCUT2D eigenvalue weighted by atomic mass is 32.2. The number of thioether (sulfide) groups is 1. The number of hydrogen-bond acceptors (Lipinski definition) is 6. The van der Waals surface area contributed by atoms with Gasteiger partial charge in [-0.05, 0) is 48.4 Å². The van der Waals surface area contributed by atoms with Crippen molar-refractivity contribution in [2.45, 2.75) is 18.2 Å². The Kier molecular flexibility index (Phi) is 6.59. The van der Waals surface area contributed by atoms with Crippen LogP contribution in [-0.2, 0) is 21.2 Å². The average Bonchev–Trinajstić information content (AvgIpc) is 2.69. The normalized spacial score (nSPS) is 14.5. The molecule has 0 aromatic heterocycles. The fourth-order valence-corrected chi connectivity index (χ4v) is 5.45. The Labute approximate surface area is 175 Å². The summed E-state index contributed by atoms with van der Waals surface area (Å²) in [7, 11) is -2.58. The van der Waals surface area contributed by atoms with Crippen LogP contribution in [0.2, 0.25) is 0 Å². The van der Waals surface area contributed by atoms with Crippen LogP contribution in [0.5, 0.6) is 5.75 Å². The van der Waals surface area contributed by atoms with Crippen LogP contribution < -0.4 is 14.4 Å². The van der Waals surface area contributed by atoms with Gasteiger partial charge in [-0.15, -0.1) is 0 Å². The van der Waals surface area contributed by atoms with Crippen molar-refractivity contribution in [2.24, 2.45) is 0 Å². The molecule has 0 saturated carbocycles. The van der Waals surface area contributed by atoms with Crippen LogP contribution in [0.4, 0.5) is 11.4 Å². The first kappa shape index (κ1) is 21.3. The quantitative estimate of drug-likeness (QED) is 0.689. The van der Waals surface area contributed by atoms with Gasteiger partial charge in [0, 0.05) is 30.3 Å². The number of nitrogens with zero attached hydrogens (tertiary/aromatic N) is 1. The van der Waals surface area contributed by atoms with E-state index in [1.807, 2.05) is 30.8 Å². The van der Waals surface area contributed by atoms with Crippen LogP contribution >= 0.6 is 11.8 Å².